The molecule has 1 saturated heterocycles. The number of rotatable bonds is 4. The molecule has 1 aliphatic heterocycles. The number of hydrogen-bond acceptors (Lipinski definition) is 2. The van der Waals surface area contributed by atoms with Crippen molar-refractivity contribution in [3.05, 3.63) is 35.4 Å². The van der Waals surface area contributed by atoms with E-state index in [2.05, 4.69) is 19.2 Å². The number of nitrogens with one attached hydrogen (secondary N) is 1. The van der Waals surface area contributed by atoms with Crippen molar-refractivity contribution in [3.8, 4) is 0 Å². The lowest BCUT2D eigenvalue weighted by Gasteiger charge is -2.25. The topological polar surface area (TPSA) is 49.4 Å². The predicted octanol–water partition coefficient (Wildman–Crippen LogP) is 2.26. The van der Waals surface area contributed by atoms with E-state index in [0.29, 0.717) is 31.8 Å². The van der Waals surface area contributed by atoms with Crippen LogP contribution in [0.5, 0.6) is 0 Å². The van der Waals surface area contributed by atoms with E-state index in [9.17, 15) is 9.59 Å². The first-order valence-corrected chi connectivity index (χ1v) is 7.59. The Morgan fingerprint density at radius 1 is 1.24 bits per heavy atom. The second-order valence-corrected chi connectivity index (χ2v) is 6.25. The van der Waals surface area contributed by atoms with Crippen molar-refractivity contribution in [1.82, 2.24) is 10.2 Å². The van der Waals surface area contributed by atoms with Crippen LogP contribution in [0.2, 0.25) is 0 Å². The van der Waals surface area contributed by atoms with Gasteiger partial charge in [-0.2, -0.15) is 0 Å². The van der Waals surface area contributed by atoms with Crippen molar-refractivity contribution < 1.29 is 9.59 Å². The molecule has 1 aliphatic rings. The Morgan fingerprint density at radius 2 is 1.90 bits per heavy atom. The lowest BCUT2D eigenvalue weighted by atomic mass is 10.0. The second kappa shape index (κ2) is 6.74. The monoisotopic (exact) mass is 288 g/mol. The Kier molecular flexibility index (Phi) is 4.99. The molecule has 0 radical (unpaired) electrons. The zero-order valence-corrected chi connectivity index (χ0v) is 13.1. The minimum absolute atomic E-state index is 0.0274. The van der Waals surface area contributed by atoms with E-state index < -0.39 is 0 Å². The second-order valence-electron chi connectivity index (χ2n) is 6.25. The van der Waals surface area contributed by atoms with E-state index in [1.807, 2.05) is 31.2 Å². The fourth-order valence-electron chi connectivity index (χ4n) is 2.60. The van der Waals surface area contributed by atoms with Gasteiger partial charge < -0.3 is 10.2 Å². The lowest BCUT2D eigenvalue weighted by molar-refractivity contribution is -0.134. The number of aryl methyl sites for hydroxylation is 1. The minimum Gasteiger partial charge on any atom is -0.344 e. The number of carbonyl (C=O) groups excluding carboxylic acids is 2. The van der Waals surface area contributed by atoms with Crippen LogP contribution in [0.25, 0.3) is 0 Å². The van der Waals surface area contributed by atoms with Crippen LogP contribution in [-0.2, 0) is 16.1 Å². The first-order valence-electron chi connectivity index (χ1n) is 7.59. The summed E-state index contributed by atoms with van der Waals surface area (Å²) in [6, 6.07) is 7.80. The highest BCUT2D eigenvalue weighted by Crippen LogP contribution is 2.15. The van der Waals surface area contributed by atoms with Crippen molar-refractivity contribution in [2.24, 2.45) is 5.92 Å². The molecular weight excluding hydrogens is 264 g/mol. The third kappa shape index (κ3) is 4.31. The van der Waals surface area contributed by atoms with E-state index in [4.69, 9.17) is 0 Å². The highest BCUT2D eigenvalue weighted by molar-refractivity contribution is 5.89. The van der Waals surface area contributed by atoms with Crippen LogP contribution in [0.15, 0.2) is 24.3 Å². The maximum Gasteiger partial charge on any atom is 0.245 e. The van der Waals surface area contributed by atoms with E-state index in [1.165, 1.54) is 5.56 Å². The zero-order valence-electron chi connectivity index (χ0n) is 13.1. The van der Waals surface area contributed by atoms with Crippen molar-refractivity contribution in [1.29, 1.82) is 0 Å². The van der Waals surface area contributed by atoms with E-state index in [1.54, 1.807) is 4.90 Å². The van der Waals surface area contributed by atoms with Crippen LogP contribution in [0.3, 0.4) is 0 Å². The molecular formula is C17H24N2O2. The summed E-state index contributed by atoms with van der Waals surface area (Å²) in [6.45, 7) is 7.24. The van der Waals surface area contributed by atoms with Crippen molar-refractivity contribution in [3.63, 3.8) is 0 Å². The van der Waals surface area contributed by atoms with Crippen LogP contribution >= 0.6 is 0 Å². The molecule has 1 aromatic carbocycles. The van der Waals surface area contributed by atoms with Gasteiger partial charge in [-0.3, -0.25) is 9.59 Å². The number of nitrogens with zero attached hydrogens (tertiary/aromatic N) is 1. The largest absolute Gasteiger partial charge is 0.344 e. The van der Waals surface area contributed by atoms with Crippen LogP contribution in [0.4, 0.5) is 0 Å². The molecule has 0 bridgehead atoms. The molecule has 114 valence electrons. The molecule has 1 N–H and O–H groups in total. The van der Waals surface area contributed by atoms with Gasteiger partial charge in [0.1, 0.15) is 6.04 Å². The van der Waals surface area contributed by atoms with Crippen molar-refractivity contribution in [2.75, 3.05) is 6.54 Å². The Hall–Kier alpha value is -1.84. The number of hydrogen-bond donors (Lipinski definition) is 1. The summed E-state index contributed by atoms with van der Waals surface area (Å²) in [4.78, 5) is 26.2. The smallest absolute Gasteiger partial charge is 0.245 e. The predicted molar refractivity (Wildman–Crippen MR) is 82.6 cm³/mol. The molecule has 2 amide bonds. The zero-order chi connectivity index (χ0) is 15.4. The molecule has 21 heavy (non-hydrogen) atoms. The molecule has 1 fully saturated rings. The Morgan fingerprint density at radius 3 is 2.52 bits per heavy atom. The SMILES string of the molecule is Cc1ccc(CN2CCC(=O)NC(CC(C)C)C2=O)cc1. The van der Waals surface area contributed by atoms with Crippen molar-refractivity contribution >= 4 is 11.8 Å². The van der Waals surface area contributed by atoms with E-state index in [-0.39, 0.29) is 17.9 Å². The van der Waals surface area contributed by atoms with Crippen LogP contribution in [0.1, 0.15) is 37.8 Å². The average molecular weight is 288 g/mol. The first-order chi connectivity index (χ1) is 9.95. The summed E-state index contributed by atoms with van der Waals surface area (Å²) in [5, 5.41) is 2.85. The molecule has 2 rings (SSSR count). The molecule has 0 aromatic heterocycles. The van der Waals surface area contributed by atoms with Crippen molar-refractivity contribution in [2.45, 2.75) is 46.2 Å². The molecule has 0 spiro atoms. The van der Waals surface area contributed by atoms with Gasteiger partial charge in [-0.15, -0.1) is 0 Å². The van der Waals surface area contributed by atoms with Crippen LogP contribution in [0, 0.1) is 12.8 Å². The third-order valence-corrected chi connectivity index (χ3v) is 3.75. The van der Waals surface area contributed by atoms with Gasteiger partial charge >= 0.3 is 0 Å². The molecule has 0 aliphatic carbocycles. The van der Waals surface area contributed by atoms with E-state index >= 15 is 0 Å². The van der Waals surface area contributed by atoms with Crippen LogP contribution in [-0.4, -0.2) is 29.3 Å². The van der Waals surface area contributed by atoms with Gasteiger partial charge in [0.2, 0.25) is 11.8 Å². The van der Waals surface area contributed by atoms with Gasteiger partial charge in [-0.05, 0) is 24.8 Å². The summed E-state index contributed by atoms with van der Waals surface area (Å²) >= 11 is 0. The number of carbonyl (C=O) groups is 2. The summed E-state index contributed by atoms with van der Waals surface area (Å²) < 4.78 is 0. The standard InChI is InChI=1S/C17H24N2O2/c1-12(2)10-15-17(21)19(9-8-16(20)18-15)11-14-6-4-13(3)5-7-14/h4-7,12,15H,8-11H2,1-3H3,(H,18,20). The first kappa shape index (κ1) is 15.5. The molecule has 1 unspecified atom stereocenters. The Bertz CT molecular complexity index is 508. The fraction of sp³-hybridized carbons (Fsp3) is 0.529. The molecule has 1 atom stereocenters. The lowest BCUT2D eigenvalue weighted by Crippen LogP contribution is -2.45. The summed E-state index contributed by atoms with van der Waals surface area (Å²) in [5.74, 6) is 0.383. The quantitative estimate of drug-likeness (QED) is 0.924. The van der Waals surface area contributed by atoms with Gasteiger partial charge in [-0.1, -0.05) is 43.7 Å². The molecule has 4 heteroatoms. The normalized spacial score (nSPS) is 19.6. The number of benzene rings is 1. The summed E-state index contributed by atoms with van der Waals surface area (Å²) in [7, 11) is 0. The van der Waals surface area contributed by atoms with Gasteiger partial charge in [-0.25, -0.2) is 0 Å². The Balaban J connectivity index is 2.11. The van der Waals surface area contributed by atoms with E-state index in [0.717, 1.165) is 5.56 Å². The highest BCUT2D eigenvalue weighted by Gasteiger charge is 2.30. The summed E-state index contributed by atoms with van der Waals surface area (Å²) in [5.41, 5.74) is 2.31. The molecule has 0 saturated carbocycles. The minimum atomic E-state index is -0.384. The van der Waals surface area contributed by atoms with Gasteiger partial charge in [0.05, 0.1) is 0 Å². The van der Waals surface area contributed by atoms with Crippen LogP contribution < -0.4 is 5.32 Å². The third-order valence-electron chi connectivity index (χ3n) is 3.75. The maximum atomic E-state index is 12.6. The van der Waals surface area contributed by atoms with Gasteiger partial charge in [0.25, 0.3) is 0 Å². The molecule has 1 heterocycles. The highest BCUT2D eigenvalue weighted by atomic mass is 16.2. The Labute approximate surface area is 126 Å². The fourth-order valence-corrected chi connectivity index (χ4v) is 2.60. The summed E-state index contributed by atoms with van der Waals surface area (Å²) in [6.07, 6.45) is 1.07. The van der Waals surface area contributed by atoms with Gasteiger partial charge in [0, 0.05) is 19.5 Å². The number of amides is 2. The molecule has 4 nitrogen and oxygen atoms in total. The molecule has 1 aromatic rings. The maximum absolute atomic E-state index is 12.6. The van der Waals surface area contributed by atoms with Gasteiger partial charge in [0.15, 0.2) is 0 Å². The average Bonchev–Trinajstić information content (AvgIpc) is 2.54.